The molecule has 0 bridgehead atoms. The number of nitrogens with zero attached hydrogens (tertiary/aromatic N) is 1. The van der Waals surface area contributed by atoms with Crippen molar-refractivity contribution >= 4 is 11.7 Å². The molecule has 1 aromatic rings. The number of rotatable bonds is 5. The Morgan fingerprint density at radius 3 is 2.32 bits per heavy atom. The second kappa shape index (κ2) is 10.2. The minimum Gasteiger partial charge on any atom is -0.477 e. The van der Waals surface area contributed by atoms with Gasteiger partial charge in [0.05, 0.1) is 6.61 Å². The zero-order chi connectivity index (χ0) is 19.0. The summed E-state index contributed by atoms with van der Waals surface area (Å²) in [6.45, 7) is 8.91. The predicted octanol–water partition coefficient (Wildman–Crippen LogP) is 4.16. The van der Waals surface area contributed by atoms with Crippen LogP contribution >= 0.6 is 0 Å². The zero-order valence-corrected chi connectivity index (χ0v) is 15.8. The molecule has 0 aromatic carbocycles. The topological polar surface area (TPSA) is 91.2 Å². The van der Waals surface area contributed by atoms with Crippen molar-refractivity contribution < 1.29 is 13.9 Å². The minimum atomic E-state index is -0.801. The first-order chi connectivity index (χ1) is 11.7. The van der Waals surface area contributed by atoms with Crippen LogP contribution in [0.5, 0.6) is 5.88 Å². The van der Waals surface area contributed by atoms with E-state index in [1.807, 2.05) is 13.8 Å². The summed E-state index contributed by atoms with van der Waals surface area (Å²) in [5.74, 6) is 0.303. The Hall–Kier alpha value is -1.85. The minimum absolute atomic E-state index is 0.0277. The highest BCUT2D eigenvalue weighted by molar-refractivity contribution is 5.95. The number of nitrogens with two attached hydrogens (primary N) is 2. The third-order valence-corrected chi connectivity index (χ3v) is 4.38. The number of nitrogen functional groups attached to an aromatic ring is 1. The average molecular weight is 353 g/mol. The molecule has 142 valence electrons. The summed E-state index contributed by atoms with van der Waals surface area (Å²) >= 11 is 0. The number of anilines is 1. The van der Waals surface area contributed by atoms with Crippen LogP contribution in [0.25, 0.3) is 0 Å². The first-order valence-electron chi connectivity index (χ1n) is 9.11. The lowest BCUT2D eigenvalue weighted by atomic mass is 9.82. The van der Waals surface area contributed by atoms with Crippen LogP contribution in [-0.4, -0.2) is 17.5 Å². The molecule has 1 aliphatic carbocycles. The van der Waals surface area contributed by atoms with Crippen molar-refractivity contribution in [2.75, 3.05) is 12.3 Å². The molecule has 0 unspecified atom stereocenters. The molecule has 0 aliphatic heterocycles. The number of carbonyl (C=O) groups excluding carboxylic acids is 1. The maximum atomic E-state index is 13.1. The number of hydrogen-bond donors (Lipinski definition) is 2. The summed E-state index contributed by atoms with van der Waals surface area (Å²) in [6.07, 6.45) is 7.46. The number of aromatic nitrogens is 1. The molecule has 1 aliphatic rings. The summed E-state index contributed by atoms with van der Waals surface area (Å²) in [7, 11) is 0. The summed E-state index contributed by atoms with van der Waals surface area (Å²) in [4.78, 5) is 14.7. The summed E-state index contributed by atoms with van der Waals surface area (Å²) < 4.78 is 18.3. The van der Waals surface area contributed by atoms with Crippen LogP contribution in [0.3, 0.4) is 0 Å². The summed E-state index contributed by atoms with van der Waals surface area (Å²) in [5.41, 5.74) is 10.2. The predicted molar refractivity (Wildman–Crippen MR) is 98.9 cm³/mol. The number of carbonyl (C=O) groups is 1. The Morgan fingerprint density at radius 2 is 1.88 bits per heavy atom. The van der Waals surface area contributed by atoms with Crippen LogP contribution in [0.1, 0.15) is 70.2 Å². The Balaban J connectivity index is 0.000000293. The van der Waals surface area contributed by atoms with Crippen molar-refractivity contribution in [2.45, 2.75) is 59.8 Å². The van der Waals surface area contributed by atoms with Gasteiger partial charge in [-0.05, 0) is 23.8 Å². The molecule has 0 saturated heterocycles. The fraction of sp³-hybridized carbons (Fsp3) is 0.684. The van der Waals surface area contributed by atoms with Gasteiger partial charge in [0, 0.05) is 0 Å². The maximum Gasteiger partial charge on any atom is 0.254 e. The Kier molecular flexibility index (Phi) is 8.66. The molecule has 5 nitrogen and oxygen atoms in total. The molecular formula is C19H32FN3O2. The Labute approximate surface area is 150 Å². The highest BCUT2D eigenvalue weighted by Crippen LogP contribution is 2.29. The molecule has 2 rings (SSSR count). The smallest absolute Gasteiger partial charge is 0.254 e. The van der Waals surface area contributed by atoms with Gasteiger partial charge in [-0.1, -0.05) is 59.8 Å². The van der Waals surface area contributed by atoms with Crippen LogP contribution < -0.4 is 16.2 Å². The molecule has 0 radical (unpaired) electrons. The van der Waals surface area contributed by atoms with E-state index in [1.54, 1.807) is 0 Å². The van der Waals surface area contributed by atoms with E-state index in [9.17, 15) is 9.18 Å². The number of halogens is 1. The first kappa shape index (κ1) is 21.2. The van der Waals surface area contributed by atoms with Crippen LogP contribution in [-0.2, 0) is 0 Å². The quantitative estimate of drug-likeness (QED) is 0.831. The van der Waals surface area contributed by atoms with E-state index in [-0.39, 0.29) is 23.2 Å². The lowest BCUT2D eigenvalue weighted by molar-refractivity contribution is 0.0994. The van der Waals surface area contributed by atoms with Gasteiger partial charge in [0.25, 0.3) is 5.91 Å². The van der Waals surface area contributed by atoms with E-state index in [4.69, 9.17) is 16.2 Å². The largest absolute Gasteiger partial charge is 0.477 e. The van der Waals surface area contributed by atoms with Crippen LogP contribution in [0.15, 0.2) is 6.07 Å². The molecule has 1 aromatic heterocycles. The number of amides is 1. The van der Waals surface area contributed by atoms with Gasteiger partial charge >= 0.3 is 0 Å². The third-order valence-electron chi connectivity index (χ3n) is 4.38. The molecular weight excluding hydrogens is 321 g/mol. The molecule has 4 N–H and O–H groups in total. The highest BCUT2D eigenvalue weighted by atomic mass is 19.1. The van der Waals surface area contributed by atoms with Crippen LogP contribution in [0, 0.1) is 23.6 Å². The second-order valence-electron chi connectivity index (χ2n) is 7.42. The SMILES string of the molecule is CC(C)C1CCCCC1.CC(C)COc1nc(N)c(F)cc1C(N)=O. The molecule has 6 heteroatoms. The van der Waals surface area contributed by atoms with Crippen molar-refractivity contribution in [1.82, 2.24) is 4.98 Å². The van der Waals surface area contributed by atoms with Crippen molar-refractivity contribution in [3.05, 3.63) is 17.4 Å². The van der Waals surface area contributed by atoms with Gasteiger partial charge in [-0.3, -0.25) is 4.79 Å². The monoisotopic (exact) mass is 353 g/mol. The van der Waals surface area contributed by atoms with Gasteiger partial charge in [-0.2, -0.15) is 4.98 Å². The molecule has 25 heavy (non-hydrogen) atoms. The fourth-order valence-electron chi connectivity index (χ4n) is 2.82. The average Bonchev–Trinajstić information content (AvgIpc) is 2.56. The summed E-state index contributed by atoms with van der Waals surface area (Å²) in [6, 6.07) is 0.931. The standard InChI is InChI=1S/C10H14FN3O2.C9H18/c1-5(2)4-16-10-6(9(13)15)3-7(11)8(12)14-10;1-8(2)9-6-4-3-5-7-9/h3,5H,4H2,1-2H3,(H2,12,14)(H2,13,15);8-9H,3-7H2,1-2H3. The van der Waals surface area contributed by atoms with Gasteiger partial charge < -0.3 is 16.2 Å². The van der Waals surface area contributed by atoms with Crippen molar-refractivity contribution in [1.29, 1.82) is 0 Å². The lowest BCUT2D eigenvalue weighted by Crippen LogP contribution is -2.17. The van der Waals surface area contributed by atoms with Gasteiger partial charge in [0.15, 0.2) is 11.6 Å². The normalized spacial score (nSPS) is 15.0. The number of ether oxygens (including phenoxy) is 1. The number of primary amides is 1. The van der Waals surface area contributed by atoms with Gasteiger partial charge in [-0.15, -0.1) is 0 Å². The zero-order valence-electron chi connectivity index (χ0n) is 15.8. The number of hydrogen-bond acceptors (Lipinski definition) is 4. The Morgan fingerprint density at radius 1 is 1.28 bits per heavy atom. The molecule has 0 atom stereocenters. The Bertz CT molecular complexity index is 556. The number of pyridine rings is 1. The van der Waals surface area contributed by atoms with E-state index in [1.165, 1.54) is 32.1 Å². The van der Waals surface area contributed by atoms with E-state index in [2.05, 4.69) is 18.8 Å². The first-order valence-corrected chi connectivity index (χ1v) is 9.11. The molecule has 0 spiro atoms. The van der Waals surface area contributed by atoms with E-state index in [0.717, 1.165) is 17.9 Å². The molecule has 1 amide bonds. The van der Waals surface area contributed by atoms with Gasteiger partial charge in [0.1, 0.15) is 5.56 Å². The van der Waals surface area contributed by atoms with E-state index in [0.29, 0.717) is 6.61 Å². The van der Waals surface area contributed by atoms with Crippen LogP contribution in [0.2, 0.25) is 0 Å². The van der Waals surface area contributed by atoms with E-state index < -0.39 is 11.7 Å². The van der Waals surface area contributed by atoms with Gasteiger partial charge in [0.2, 0.25) is 5.88 Å². The third kappa shape index (κ3) is 7.28. The summed E-state index contributed by atoms with van der Waals surface area (Å²) in [5, 5.41) is 0. The molecule has 1 fully saturated rings. The highest BCUT2D eigenvalue weighted by Gasteiger charge is 2.16. The van der Waals surface area contributed by atoms with Crippen molar-refractivity contribution in [3.63, 3.8) is 0 Å². The van der Waals surface area contributed by atoms with E-state index >= 15 is 0 Å². The lowest BCUT2D eigenvalue weighted by Gasteiger charge is -2.24. The molecule has 1 heterocycles. The second-order valence-corrected chi connectivity index (χ2v) is 7.42. The van der Waals surface area contributed by atoms with Crippen molar-refractivity contribution in [2.24, 2.45) is 23.5 Å². The van der Waals surface area contributed by atoms with Crippen LogP contribution in [0.4, 0.5) is 10.2 Å². The molecule has 1 saturated carbocycles. The maximum absolute atomic E-state index is 13.1. The van der Waals surface area contributed by atoms with Crippen molar-refractivity contribution in [3.8, 4) is 5.88 Å². The van der Waals surface area contributed by atoms with Gasteiger partial charge in [-0.25, -0.2) is 4.39 Å². The fourth-order valence-corrected chi connectivity index (χ4v) is 2.82.